The molecule has 0 atom stereocenters. The molecule has 10 heteroatoms. The van der Waals surface area contributed by atoms with Crippen LogP contribution in [0.3, 0.4) is 0 Å². The van der Waals surface area contributed by atoms with Crippen molar-refractivity contribution in [2.75, 3.05) is 27.1 Å². The van der Waals surface area contributed by atoms with Crippen molar-refractivity contribution in [1.82, 2.24) is 15.0 Å². The van der Waals surface area contributed by atoms with Crippen molar-refractivity contribution >= 4 is 34.8 Å². The summed E-state index contributed by atoms with van der Waals surface area (Å²) in [6.45, 7) is 0. The summed E-state index contributed by atoms with van der Waals surface area (Å²) >= 11 is 1.15. The Hall–Kier alpha value is -4.31. The molecular weight excluding hydrogens is 480 g/mol. The van der Waals surface area contributed by atoms with E-state index in [0.717, 1.165) is 11.8 Å². The Morgan fingerprint density at radius 2 is 1.67 bits per heavy atom. The summed E-state index contributed by atoms with van der Waals surface area (Å²) < 4.78 is 17.5. The Labute approximate surface area is 211 Å². The van der Waals surface area contributed by atoms with Gasteiger partial charge in [-0.25, -0.2) is 10.4 Å². The molecule has 0 aliphatic rings. The average Bonchev–Trinajstić information content (AvgIpc) is 2.92. The van der Waals surface area contributed by atoms with Gasteiger partial charge in [-0.2, -0.15) is 5.10 Å². The Morgan fingerprint density at radius 1 is 1.00 bits per heavy atom. The molecule has 0 radical (unpaired) electrons. The third kappa shape index (κ3) is 5.33. The van der Waals surface area contributed by atoms with E-state index in [4.69, 9.17) is 14.2 Å². The molecule has 0 spiro atoms. The van der Waals surface area contributed by atoms with E-state index in [-0.39, 0.29) is 17.2 Å². The van der Waals surface area contributed by atoms with E-state index in [1.165, 1.54) is 25.0 Å². The van der Waals surface area contributed by atoms with E-state index in [1.807, 2.05) is 36.4 Å². The highest BCUT2D eigenvalue weighted by Crippen LogP contribution is 2.32. The second-order valence-corrected chi connectivity index (χ2v) is 8.36. The van der Waals surface area contributed by atoms with Crippen LogP contribution in [0.5, 0.6) is 17.2 Å². The fourth-order valence-corrected chi connectivity index (χ4v) is 4.31. The van der Waals surface area contributed by atoms with Gasteiger partial charge in [0.05, 0.1) is 55.5 Å². The Balaban J connectivity index is 1.54. The number of hydrogen-bond acceptors (Lipinski definition) is 8. The van der Waals surface area contributed by atoms with Crippen molar-refractivity contribution in [1.29, 1.82) is 0 Å². The molecule has 1 aromatic heterocycles. The maximum absolute atomic E-state index is 13.2. The van der Waals surface area contributed by atoms with Crippen LogP contribution in [0.1, 0.15) is 5.56 Å². The first-order chi connectivity index (χ1) is 17.5. The van der Waals surface area contributed by atoms with Gasteiger partial charge < -0.3 is 14.2 Å². The lowest BCUT2D eigenvalue weighted by atomic mass is 10.2. The lowest BCUT2D eigenvalue weighted by Gasteiger charge is -2.13. The SMILES string of the molecule is COc1cc(OC)c(/C=N/NC(=O)CSc2nc3ccccc3c(=O)n2-c2ccccc2)c(OC)c1. The second kappa shape index (κ2) is 11.4. The lowest BCUT2D eigenvalue weighted by Crippen LogP contribution is -2.24. The van der Waals surface area contributed by atoms with E-state index < -0.39 is 0 Å². The summed E-state index contributed by atoms with van der Waals surface area (Å²) in [7, 11) is 4.58. The monoisotopic (exact) mass is 504 g/mol. The quantitative estimate of drug-likeness (QED) is 0.161. The summed E-state index contributed by atoms with van der Waals surface area (Å²) in [4.78, 5) is 30.4. The van der Waals surface area contributed by atoms with Gasteiger partial charge >= 0.3 is 0 Å². The van der Waals surface area contributed by atoms with Gasteiger partial charge in [0.15, 0.2) is 5.16 Å². The smallest absolute Gasteiger partial charge is 0.266 e. The number of thioether (sulfide) groups is 1. The van der Waals surface area contributed by atoms with Crippen molar-refractivity contribution in [3.05, 3.63) is 82.6 Å². The Kier molecular flexibility index (Phi) is 7.86. The van der Waals surface area contributed by atoms with Gasteiger partial charge in [-0.05, 0) is 24.3 Å². The third-order valence-corrected chi connectivity index (χ3v) is 6.17. The molecule has 184 valence electrons. The van der Waals surface area contributed by atoms with E-state index in [2.05, 4.69) is 15.5 Å². The zero-order valence-electron chi connectivity index (χ0n) is 19.9. The normalized spacial score (nSPS) is 11.0. The first kappa shape index (κ1) is 24.8. The fourth-order valence-electron chi connectivity index (χ4n) is 3.50. The lowest BCUT2D eigenvalue weighted by molar-refractivity contribution is -0.118. The van der Waals surface area contributed by atoms with E-state index in [0.29, 0.717) is 44.6 Å². The van der Waals surface area contributed by atoms with Crippen LogP contribution in [0.25, 0.3) is 16.6 Å². The minimum absolute atomic E-state index is 0.00810. The van der Waals surface area contributed by atoms with Gasteiger partial charge in [-0.3, -0.25) is 14.2 Å². The molecule has 3 aromatic carbocycles. The second-order valence-electron chi connectivity index (χ2n) is 7.42. The number of ether oxygens (including phenoxy) is 3. The molecule has 1 heterocycles. The highest BCUT2D eigenvalue weighted by molar-refractivity contribution is 7.99. The number of benzene rings is 3. The van der Waals surface area contributed by atoms with Crippen molar-refractivity contribution in [2.24, 2.45) is 5.10 Å². The van der Waals surface area contributed by atoms with Gasteiger partial charge in [0, 0.05) is 12.1 Å². The number of rotatable bonds is 9. The number of nitrogens with zero attached hydrogens (tertiary/aromatic N) is 3. The number of hydrogen-bond donors (Lipinski definition) is 1. The largest absolute Gasteiger partial charge is 0.496 e. The van der Waals surface area contributed by atoms with Crippen LogP contribution in [0.4, 0.5) is 0 Å². The predicted octanol–water partition coefficient (Wildman–Crippen LogP) is 3.65. The van der Waals surface area contributed by atoms with Crippen LogP contribution < -0.4 is 25.2 Å². The van der Waals surface area contributed by atoms with Crippen LogP contribution >= 0.6 is 11.8 Å². The summed E-state index contributed by atoms with van der Waals surface area (Å²) in [5, 5.41) is 4.95. The van der Waals surface area contributed by atoms with Crippen LogP contribution in [0, 0.1) is 0 Å². The maximum atomic E-state index is 13.2. The number of carbonyl (C=O) groups is 1. The fraction of sp³-hybridized carbons (Fsp3) is 0.154. The van der Waals surface area contributed by atoms with Crippen molar-refractivity contribution in [2.45, 2.75) is 5.16 Å². The number of aromatic nitrogens is 2. The van der Waals surface area contributed by atoms with Gasteiger partial charge in [-0.1, -0.05) is 42.1 Å². The molecule has 0 aliphatic carbocycles. The molecule has 0 saturated heterocycles. The van der Waals surface area contributed by atoms with Gasteiger partial charge in [0.1, 0.15) is 17.2 Å². The molecule has 4 aromatic rings. The molecule has 1 amide bonds. The molecule has 0 saturated carbocycles. The van der Waals surface area contributed by atoms with Gasteiger partial charge in [-0.15, -0.1) is 0 Å². The number of para-hydroxylation sites is 2. The molecule has 4 rings (SSSR count). The Bertz CT molecular complexity index is 1450. The van der Waals surface area contributed by atoms with Crippen molar-refractivity contribution < 1.29 is 19.0 Å². The minimum atomic E-state index is -0.371. The number of carbonyl (C=O) groups excluding carboxylic acids is 1. The molecular formula is C26H24N4O5S. The molecule has 1 N–H and O–H groups in total. The standard InChI is InChI=1S/C26H24N4O5S/c1-33-18-13-22(34-2)20(23(14-18)35-3)15-27-29-24(31)16-36-26-28-21-12-8-7-11-19(21)25(32)30(26)17-9-5-4-6-10-17/h4-15H,16H2,1-3H3,(H,29,31)/b27-15+. The zero-order valence-corrected chi connectivity index (χ0v) is 20.7. The molecule has 0 fully saturated rings. The summed E-state index contributed by atoms with van der Waals surface area (Å²) in [6, 6.07) is 19.7. The molecule has 9 nitrogen and oxygen atoms in total. The first-order valence-electron chi connectivity index (χ1n) is 10.9. The topological polar surface area (TPSA) is 104 Å². The molecule has 0 bridgehead atoms. The number of nitrogens with one attached hydrogen (secondary N) is 1. The Morgan fingerprint density at radius 3 is 2.33 bits per heavy atom. The van der Waals surface area contributed by atoms with E-state index in [1.54, 1.807) is 37.4 Å². The maximum Gasteiger partial charge on any atom is 0.266 e. The number of methoxy groups -OCH3 is 3. The van der Waals surface area contributed by atoms with Crippen LogP contribution in [-0.4, -0.2) is 48.8 Å². The third-order valence-electron chi connectivity index (χ3n) is 5.23. The molecule has 36 heavy (non-hydrogen) atoms. The number of amides is 1. The van der Waals surface area contributed by atoms with E-state index in [9.17, 15) is 9.59 Å². The number of fused-ring (bicyclic) bond motifs is 1. The summed E-state index contributed by atoms with van der Waals surface area (Å²) in [5.41, 5.74) is 4.07. The van der Waals surface area contributed by atoms with E-state index >= 15 is 0 Å². The molecule has 0 aliphatic heterocycles. The van der Waals surface area contributed by atoms with Crippen LogP contribution in [0.15, 0.2) is 81.8 Å². The van der Waals surface area contributed by atoms with Gasteiger partial charge in [0.25, 0.3) is 11.5 Å². The number of hydrazone groups is 1. The van der Waals surface area contributed by atoms with Crippen LogP contribution in [0.2, 0.25) is 0 Å². The predicted molar refractivity (Wildman–Crippen MR) is 140 cm³/mol. The van der Waals surface area contributed by atoms with Gasteiger partial charge in [0.2, 0.25) is 0 Å². The van der Waals surface area contributed by atoms with Crippen molar-refractivity contribution in [3.63, 3.8) is 0 Å². The van der Waals surface area contributed by atoms with Crippen molar-refractivity contribution in [3.8, 4) is 22.9 Å². The molecule has 0 unspecified atom stereocenters. The van der Waals surface area contributed by atoms with Crippen LogP contribution in [-0.2, 0) is 4.79 Å². The average molecular weight is 505 g/mol. The zero-order chi connectivity index (χ0) is 25.5. The minimum Gasteiger partial charge on any atom is -0.496 e. The summed E-state index contributed by atoms with van der Waals surface area (Å²) in [6.07, 6.45) is 1.44. The first-order valence-corrected chi connectivity index (χ1v) is 11.9. The highest BCUT2D eigenvalue weighted by atomic mass is 32.2. The summed E-state index contributed by atoms with van der Waals surface area (Å²) in [5.74, 6) is 1.14. The highest BCUT2D eigenvalue weighted by Gasteiger charge is 2.15.